The van der Waals surface area contributed by atoms with Gasteiger partial charge in [0, 0.05) is 0 Å². The molecule has 0 saturated heterocycles. The molecule has 1 aromatic carbocycles. The Morgan fingerprint density at radius 3 is 2.31 bits per heavy atom. The average molecular weight is 219 g/mol. The van der Waals surface area contributed by atoms with Crippen molar-refractivity contribution in [3.8, 4) is 0 Å². The standard InChI is InChI=1S/C8H7ClO3S/c9-8(10)7(13(11)12)6-4-2-1-3-5-6/h1-5,7H,(H,11,12). The molecule has 70 valence electrons. The van der Waals surface area contributed by atoms with Crippen LogP contribution in [-0.2, 0) is 15.9 Å². The van der Waals surface area contributed by atoms with Gasteiger partial charge in [-0.25, -0.2) is 4.21 Å². The maximum Gasteiger partial charge on any atom is 0.244 e. The summed E-state index contributed by atoms with van der Waals surface area (Å²) in [6.45, 7) is 0. The minimum atomic E-state index is -2.27. The summed E-state index contributed by atoms with van der Waals surface area (Å²) >= 11 is 2.92. The molecule has 2 unspecified atom stereocenters. The second-order valence-electron chi connectivity index (χ2n) is 2.37. The first-order chi connectivity index (χ1) is 6.13. The van der Waals surface area contributed by atoms with E-state index in [9.17, 15) is 9.00 Å². The van der Waals surface area contributed by atoms with Crippen molar-refractivity contribution in [2.24, 2.45) is 0 Å². The fourth-order valence-corrected chi connectivity index (χ4v) is 1.86. The van der Waals surface area contributed by atoms with E-state index in [1.54, 1.807) is 30.3 Å². The number of rotatable bonds is 3. The Labute approximate surface area is 83.0 Å². The SMILES string of the molecule is O=C(Cl)C(c1ccccc1)S(=O)O. The predicted molar refractivity (Wildman–Crippen MR) is 50.8 cm³/mol. The van der Waals surface area contributed by atoms with E-state index in [1.807, 2.05) is 0 Å². The first-order valence-corrected chi connectivity index (χ1v) is 5.01. The van der Waals surface area contributed by atoms with Gasteiger partial charge in [0.2, 0.25) is 5.24 Å². The molecule has 0 spiro atoms. The van der Waals surface area contributed by atoms with Crippen molar-refractivity contribution in [1.29, 1.82) is 0 Å². The van der Waals surface area contributed by atoms with Crippen LogP contribution in [0, 0.1) is 0 Å². The fourth-order valence-electron chi connectivity index (χ4n) is 0.955. The van der Waals surface area contributed by atoms with Crippen molar-refractivity contribution >= 4 is 27.9 Å². The molecule has 0 aliphatic carbocycles. The lowest BCUT2D eigenvalue weighted by Gasteiger charge is -2.07. The third-order valence-corrected chi connectivity index (χ3v) is 2.75. The summed E-state index contributed by atoms with van der Waals surface area (Å²) in [6, 6.07) is 8.27. The maximum atomic E-state index is 10.8. The highest BCUT2D eigenvalue weighted by Gasteiger charge is 2.24. The first kappa shape index (κ1) is 10.4. The molecule has 0 fully saturated rings. The van der Waals surface area contributed by atoms with Crippen LogP contribution in [0.1, 0.15) is 10.8 Å². The summed E-state index contributed by atoms with van der Waals surface area (Å²) in [6.07, 6.45) is 0. The lowest BCUT2D eigenvalue weighted by Crippen LogP contribution is -2.12. The van der Waals surface area contributed by atoms with Crippen molar-refractivity contribution in [3.05, 3.63) is 35.9 Å². The van der Waals surface area contributed by atoms with Crippen LogP contribution in [0.3, 0.4) is 0 Å². The fraction of sp³-hybridized carbons (Fsp3) is 0.125. The Hall–Kier alpha value is -0.710. The quantitative estimate of drug-likeness (QED) is 0.621. The molecule has 0 aliphatic rings. The molecule has 0 amide bonds. The molecule has 0 radical (unpaired) electrons. The molecule has 2 atom stereocenters. The van der Waals surface area contributed by atoms with E-state index in [2.05, 4.69) is 0 Å². The molecule has 0 saturated carbocycles. The highest BCUT2D eigenvalue weighted by molar-refractivity contribution is 7.80. The zero-order valence-electron chi connectivity index (χ0n) is 6.51. The van der Waals surface area contributed by atoms with E-state index in [-0.39, 0.29) is 0 Å². The van der Waals surface area contributed by atoms with Gasteiger partial charge in [0.25, 0.3) is 0 Å². The normalized spacial score (nSPS) is 14.9. The van der Waals surface area contributed by atoms with Crippen LogP contribution in [0.25, 0.3) is 0 Å². The molecular formula is C8H7ClO3S. The van der Waals surface area contributed by atoms with Crippen LogP contribution in [0.4, 0.5) is 0 Å². The molecule has 13 heavy (non-hydrogen) atoms. The zero-order valence-corrected chi connectivity index (χ0v) is 8.09. The lowest BCUT2D eigenvalue weighted by molar-refractivity contribution is -0.111. The summed E-state index contributed by atoms with van der Waals surface area (Å²) in [5.41, 5.74) is 0.448. The summed E-state index contributed by atoms with van der Waals surface area (Å²) in [5, 5.41) is -1.98. The Kier molecular flexibility index (Phi) is 3.59. The Bertz CT molecular complexity index is 311. The number of halogens is 1. The minimum absolute atomic E-state index is 0.448. The third kappa shape index (κ3) is 2.62. The van der Waals surface area contributed by atoms with Crippen molar-refractivity contribution < 1.29 is 13.6 Å². The van der Waals surface area contributed by atoms with Gasteiger partial charge in [-0.15, -0.1) is 0 Å². The van der Waals surface area contributed by atoms with Gasteiger partial charge in [0.1, 0.15) is 0 Å². The second kappa shape index (κ2) is 4.50. The van der Waals surface area contributed by atoms with Gasteiger partial charge in [0.15, 0.2) is 16.3 Å². The molecule has 5 heteroatoms. The van der Waals surface area contributed by atoms with Crippen LogP contribution >= 0.6 is 11.6 Å². The predicted octanol–water partition coefficient (Wildman–Crippen LogP) is 1.71. The van der Waals surface area contributed by atoms with Crippen LogP contribution in [0.2, 0.25) is 0 Å². The number of carbonyl (C=O) groups is 1. The molecular weight excluding hydrogens is 212 g/mol. The zero-order chi connectivity index (χ0) is 9.84. The number of hydrogen-bond acceptors (Lipinski definition) is 2. The molecule has 1 aromatic rings. The molecule has 0 heterocycles. The average Bonchev–Trinajstić information content (AvgIpc) is 2.04. The van der Waals surface area contributed by atoms with Gasteiger partial charge < -0.3 is 4.55 Å². The van der Waals surface area contributed by atoms with E-state index in [4.69, 9.17) is 16.2 Å². The molecule has 1 N–H and O–H groups in total. The van der Waals surface area contributed by atoms with Gasteiger partial charge >= 0.3 is 0 Å². The van der Waals surface area contributed by atoms with Crippen LogP contribution in [0.15, 0.2) is 30.3 Å². The number of hydrogen-bond donors (Lipinski definition) is 1. The lowest BCUT2D eigenvalue weighted by atomic mass is 10.2. The molecule has 0 aliphatic heterocycles. The van der Waals surface area contributed by atoms with Crippen LogP contribution in [0.5, 0.6) is 0 Å². The summed E-state index contributed by atoms with van der Waals surface area (Å²) in [5.74, 6) is 0. The monoisotopic (exact) mass is 218 g/mol. The third-order valence-electron chi connectivity index (χ3n) is 1.51. The van der Waals surface area contributed by atoms with Crippen molar-refractivity contribution in [1.82, 2.24) is 0 Å². The van der Waals surface area contributed by atoms with Gasteiger partial charge in [-0.1, -0.05) is 30.3 Å². The van der Waals surface area contributed by atoms with Crippen molar-refractivity contribution in [2.75, 3.05) is 0 Å². The summed E-state index contributed by atoms with van der Waals surface area (Å²) < 4.78 is 19.6. The Morgan fingerprint density at radius 1 is 1.38 bits per heavy atom. The van der Waals surface area contributed by atoms with Crippen LogP contribution in [-0.4, -0.2) is 14.0 Å². The number of benzene rings is 1. The first-order valence-electron chi connectivity index (χ1n) is 3.47. The second-order valence-corrected chi connectivity index (χ2v) is 3.77. The Balaban J connectivity index is 3.03. The van der Waals surface area contributed by atoms with Gasteiger partial charge in [-0.2, -0.15) is 0 Å². The van der Waals surface area contributed by atoms with E-state index in [0.29, 0.717) is 5.56 Å². The molecule has 3 nitrogen and oxygen atoms in total. The minimum Gasteiger partial charge on any atom is -0.305 e. The van der Waals surface area contributed by atoms with Crippen molar-refractivity contribution in [2.45, 2.75) is 5.25 Å². The number of carbonyl (C=O) groups excluding carboxylic acids is 1. The van der Waals surface area contributed by atoms with E-state index in [0.717, 1.165) is 0 Å². The van der Waals surface area contributed by atoms with E-state index < -0.39 is 21.6 Å². The van der Waals surface area contributed by atoms with E-state index >= 15 is 0 Å². The summed E-state index contributed by atoms with van der Waals surface area (Å²) in [4.78, 5) is 10.8. The van der Waals surface area contributed by atoms with Gasteiger partial charge in [-0.3, -0.25) is 4.79 Å². The molecule has 0 bridgehead atoms. The van der Waals surface area contributed by atoms with Crippen molar-refractivity contribution in [3.63, 3.8) is 0 Å². The topological polar surface area (TPSA) is 54.4 Å². The maximum absolute atomic E-state index is 10.8. The highest BCUT2D eigenvalue weighted by atomic mass is 35.5. The smallest absolute Gasteiger partial charge is 0.244 e. The van der Waals surface area contributed by atoms with E-state index in [1.165, 1.54) is 0 Å². The summed E-state index contributed by atoms with van der Waals surface area (Å²) in [7, 11) is 0. The Morgan fingerprint density at radius 2 is 1.92 bits per heavy atom. The highest BCUT2D eigenvalue weighted by Crippen LogP contribution is 2.20. The molecule has 0 aromatic heterocycles. The largest absolute Gasteiger partial charge is 0.305 e. The van der Waals surface area contributed by atoms with Gasteiger partial charge in [0.05, 0.1) is 0 Å². The van der Waals surface area contributed by atoms with Crippen LogP contribution < -0.4 is 0 Å². The molecule has 1 rings (SSSR count). The van der Waals surface area contributed by atoms with Gasteiger partial charge in [-0.05, 0) is 17.2 Å².